The number of nitrogens with zero attached hydrogens (tertiary/aromatic N) is 4. The lowest BCUT2D eigenvalue weighted by Gasteiger charge is -2.43. The van der Waals surface area contributed by atoms with Gasteiger partial charge in [-0.25, -0.2) is 9.07 Å². The van der Waals surface area contributed by atoms with Crippen LogP contribution in [-0.2, 0) is 9.47 Å². The van der Waals surface area contributed by atoms with Gasteiger partial charge in [0, 0.05) is 34.4 Å². The molecule has 1 saturated heterocycles. The monoisotopic (exact) mass is 524 g/mol. The second kappa shape index (κ2) is 9.94. The zero-order chi connectivity index (χ0) is 22.8. The SMILES string of the molecule is COC1C(n2cc(-c3ccc(C)c(F)c3)nn2)[C@@H](O)C(CO)O[C@@H]1Sc1cncc(Br)c1. The van der Waals surface area contributed by atoms with Crippen molar-refractivity contribution in [2.75, 3.05) is 13.7 Å². The number of aliphatic hydroxyl groups excluding tert-OH is 2. The number of thioether (sulfide) groups is 1. The van der Waals surface area contributed by atoms with Gasteiger partial charge in [0.1, 0.15) is 41.3 Å². The molecule has 1 aliphatic heterocycles. The molecule has 1 aromatic carbocycles. The Kier molecular flexibility index (Phi) is 7.23. The summed E-state index contributed by atoms with van der Waals surface area (Å²) in [7, 11) is 1.52. The molecule has 0 spiro atoms. The number of methoxy groups -OCH3 is 1. The van der Waals surface area contributed by atoms with E-state index in [1.165, 1.54) is 29.6 Å². The Morgan fingerprint density at radius 2 is 2.12 bits per heavy atom. The molecule has 0 amide bonds. The quantitative estimate of drug-likeness (QED) is 0.507. The molecular formula is C21H22BrFN4O4S. The van der Waals surface area contributed by atoms with Crippen LogP contribution >= 0.6 is 27.7 Å². The maximum Gasteiger partial charge on any atom is 0.136 e. The van der Waals surface area contributed by atoms with E-state index in [2.05, 4.69) is 31.2 Å². The van der Waals surface area contributed by atoms with Crippen LogP contribution in [0, 0.1) is 12.7 Å². The number of aryl methyl sites for hydroxylation is 1. The predicted molar refractivity (Wildman–Crippen MR) is 120 cm³/mol. The van der Waals surface area contributed by atoms with Crippen molar-refractivity contribution < 1.29 is 24.1 Å². The standard InChI is InChI=1S/C21H22BrFN4O4S/c1-11-3-4-12(5-15(11)23)16-9-27(26-25-16)18-19(29)17(10-28)31-21(20(18)30-2)32-14-6-13(22)7-24-8-14/h3-9,17-21,28-29H,10H2,1-2H3/t17?,18?,19-,20?,21+/m0/s1. The predicted octanol–water partition coefficient (Wildman–Crippen LogP) is 2.98. The van der Waals surface area contributed by atoms with E-state index in [4.69, 9.17) is 9.47 Å². The molecule has 3 aromatic rings. The summed E-state index contributed by atoms with van der Waals surface area (Å²) >= 11 is 4.76. The minimum atomic E-state index is -1.10. The minimum Gasteiger partial charge on any atom is -0.394 e. The molecule has 11 heteroatoms. The first-order valence-electron chi connectivity index (χ1n) is 9.84. The molecule has 32 heavy (non-hydrogen) atoms. The number of hydrogen-bond acceptors (Lipinski definition) is 8. The third-order valence-electron chi connectivity index (χ3n) is 5.31. The van der Waals surface area contributed by atoms with E-state index in [0.29, 0.717) is 16.8 Å². The van der Waals surface area contributed by atoms with Crippen molar-refractivity contribution in [3.05, 3.63) is 58.7 Å². The smallest absolute Gasteiger partial charge is 0.136 e. The van der Waals surface area contributed by atoms with Gasteiger partial charge in [-0.15, -0.1) is 5.10 Å². The van der Waals surface area contributed by atoms with Crippen molar-refractivity contribution in [3.63, 3.8) is 0 Å². The van der Waals surface area contributed by atoms with Gasteiger partial charge in [-0.1, -0.05) is 29.1 Å². The topological polar surface area (TPSA) is 103 Å². The van der Waals surface area contributed by atoms with Gasteiger partial charge in [0.15, 0.2) is 0 Å². The fraction of sp³-hybridized carbons (Fsp3) is 0.381. The zero-order valence-corrected chi connectivity index (χ0v) is 19.7. The maximum atomic E-state index is 14.0. The van der Waals surface area contributed by atoms with Crippen molar-refractivity contribution >= 4 is 27.7 Å². The van der Waals surface area contributed by atoms with Crippen LogP contribution in [0.5, 0.6) is 0 Å². The van der Waals surface area contributed by atoms with Crippen molar-refractivity contribution in [1.29, 1.82) is 0 Å². The average molecular weight is 525 g/mol. The number of halogens is 2. The average Bonchev–Trinajstić information content (AvgIpc) is 3.26. The summed E-state index contributed by atoms with van der Waals surface area (Å²) in [6, 6.07) is 6.02. The largest absolute Gasteiger partial charge is 0.394 e. The van der Waals surface area contributed by atoms with Crippen molar-refractivity contribution in [2.24, 2.45) is 0 Å². The molecule has 3 heterocycles. The van der Waals surface area contributed by atoms with Crippen molar-refractivity contribution in [1.82, 2.24) is 20.0 Å². The summed E-state index contributed by atoms with van der Waals surface area (Å²) in [6.07, 6.45) is 2.42. The second-order valence-corrected chi connectivity index (χ2v) is 9.50. The molecule has 170 valence electrons. The van der Waals surface area contributed by atoms with E-state index in [1.807, 2.05) is 6.07 Å². The Morgan fingerprint density at radius 1 is 1.31 bits per heavy atom. The van der Waals surface area contributed by atoms with Gasteiger partial charge in [-0.2, -0.15) is 0 Å². The highest BCUT2D eigenvalue weighted by Gasteiger charge is 2.47. The number of aromatic nitrogens is 4. The fourth-order valence-electron chi connectivity index (χ4n) is 3.61. The van der Waals surface area contributed by atoms with Crippen molar-refractivity contribution in [3.8, 4) is 11.3 Å². The molecule has 3 unspecified atom stereocenters. The number of rotatable bonds is 6. The summed E-state index contributed by atoms with van der Waals surface area (Å²) in [5.41, 5.74) is 0.998. The number of pyridine rings is 1. The van der Waals surface area contributed by atoms with Gasteiger partial charge in [-0.05, 0) is 40.5 Å². The molecule has 1 aliphatic rings. The molecule has 2 aromatic heterocycles. The van der Waals surface area contributed by atoms with Gasteiger partial charge < -0.3 is 19.7 Å². The number of hydrogen-bond donors (Lipinski definition) is 2. The summed E-state index contributed by atoms with van der Waals surface area (Å²) < 4.78 is 28.0. The van der Waals surface area contributed by atoms with E-state index in [-0.39, 0.29) is 12.4 Å². The highest BCUT2D eigenvalue weighted by Crippen LogP contribution is 2.39. The summed E-state index contributed by atoms with van der Waals surface area (Å²) in [5, 5.41) is 29.1. The van der Waals surface area contributed by atoms with E-state index in [0.717, 1.165) is 9.37 Å². The lowest BCUT2D eigenvalue weighted by atomic mass is 9.97. The normalized spacial score (nSPS) is 25.8. The van der Waals surface area contributed by atoms with E-state index in [9.17, 15) is 14.6 Å². The summed E-state index contributed by atoms with van der Waals surface area (Å²) in [6.45, 7) is 1.30. The Balaban J connectivity index is 1.66. The van der Waals surface area contributed by atoms with Crippen LogP contribution in [0.1, 0.15) is 11.6 Å². The van der Waals surface area contributed by atoms with Crippen LogP contribution in [0.3, 0.4) is 0 Å². The molecule has 2 N–H and O–H groups in total. The molecule has 4 rings (SSSR count). The summed E-state index contributed by atoms with van der Waals surface area (Å²) in [5.74, 6) is -0.336. The third kappa shape index (κ3) is 4.73. The number of aliphatic hydroxyl groups is 2. The zero-order valence-electron chi connectivity index (χ0n) is 17.3. The highest BCUT2D eigenvalue weighted by molar-refractivity contribution is 9.10. The summed E-state index contributed by atoms with van der Waals surface area (Å²) in [4.78, 5) is 4.99. The first-order valence-corrected chi connectivity index (χ1v) is 11.5. The van der Waals surface area contributed by atoms with Crippen LogP contribution in [-0.4, -0.2) is 67.7 Å². The molecule has 0 saturated carbocycles. The van der Waals surface area contributed by atoms with E-state index in [1.54, 1.807) is 37.6 Å². The van der Waals surface area contributed by atoms with Crippen LogP contribution < -0.4 is 0 Å². The first-order chi connectivity index (χ1) is 15.4. The van der Waals surface area contributed by atoms with Crippen LogP contribution in [0.4, 0.5) is 4.39 Å². The van der Waals surface area contributed by atoms with Crippen LogP contribution in [0.2, 0.25) is 0 Å². The Bertz CT molecular complexity index is 1090. The van der Waals surface area contributed by atoms with Gasteiger partial charge in [0.25, 0.3) is 0 Å². The molecule has 8 nitrogen and oxygen atoms in total. The number of ether oxygens (including phenoxy) is 2. The highest BCUT2D eigenvalue weighted by atomic mass is 79.9. The minimum absolute atomic E-state index is 0.336. The Morgan fingerprint density at radius 3 is 2.81 bits per heavy atom. The fourth-order valence-corrected chi connectivity index (χ4v) is 5.31. The second-order valence-electron chi connectivity index (χ2n) is 7.41. The van der Waals surface area contributed by atoms with E-state index >= 15 is 0 Å². The molecule has 0 radical (unpaired) electrons. The molecule has 0 aliphatic carbocycles. The molecule has 0 bridgehead atoms. The lowest BCUT2D eigenvalue weighted by molar-refractivity contribution is -0.186. The van der Waals surface area contributed by atoms with Gasteiger partial charge in [0.2, 0.25) is 0 Å². The maximum absolute atomic E-state index is 14.0. The first kappa shape index (κ1) is 23.3. The molecule has 1 fully saturated rings. The van der Waals surface area contributed by atoms with Gasteiger partial charge >= 0.3 is 0 Å². The van der Waals surface area contributed by atoms with E-state index < -0.39 is 29.8 Å². The van der Waals surface area contributed by atoms with Gasteiger partial charge in [-0.3, -0.25) is 4.98 Å². The number of benzene rings is 1. The third-order valence-corrected chi connectivity index (χ3v) is 6.85. The molecule has 5 atom stereocenters. The van der Waals surface area contributed by atoms with Crippen LogP contribution in [0.15, 0.2) is 52.2 Å². The Labute approximate surface area is 196 Å². The Hall–Kier alpha value is -1.89. The molecular weight excluding hydrogens is 503 g/mol. The van der Waals surface area contributed by atoms with Crippen molar-refractivity contribution in [2.45, 2.75) is 41.6 Å². The van der Waals surface area contributed by atoms with Gasteiger partial charge in [0.05, 0.1) is 12.8 Å². The lowest BCUT2D eigenvalue weighted by Crippen LogP contribution is -2.55. The van der Waals surface area contributed by atoms with Crippen LogP contribution in [0.25, 0.3) is 11.3 Å².